The summed E-state index contributed by atoms with van der Waals surface area (Å²) in [5.74, 6) is 5.21. The van der Waals surface area contributed by atoms with Gasteiger partial charge >= 0.3 is 0 Å². The van der Waals surface area contributed by atoms with E-state index in [1.807, 2.05) is 0 Å². The molecule has 0 bridgehead atoms. The molecule has 0 spiro atoms. The Morgan fingerprint density at radius 1 is 1.45 bits per heavy atom. The normalized spacial score (nSPS) is 9.18. The van der Waals surface area contributed by atoms with Gasteiger partial charge in [0, 0.05) is 12.4 Å². The summed E-state index contributed by atoms with van der Waals surface area (Å²) in [6.45, 7) is 0. The van der Waals surface area contributed by atoms with Gasteiger partial charge in [0.1, 0.15) is 0 Å². The zero-order valence-corrected chi connectivity index (χ0v) is 5.73. The molecule has 0 saturated heterocycles. The van der Waals surface area contributed by atoms with Crippen molar-refractivity contribution in [3.05, 3.63) is 18.5 Å². The SMILES string of the molecule is N=C(N)N(N)c1ncccn1. The molecule has 11 heavy (non-hydrogen) atoms. The Morgan fingerprint density at radius 2 is 2.00 bits per heavy atom. The van der Waals surface area contributed by atoms with Crippen molar-refractivity contribution in [2.45, 2.75) is 0 Å². The number of hydrogen-bond donors (Lipinski definition) is 3. The summed E-state index contributed by atoms with van der Waals surface area (Å²) < 4.78 is 0. The maximum Gasteiger partial charge on any atom is 0.247 e. The Labute approximate surface area is 63.3 Å². The van der Waals surface area contributed by atoms with Crippen LogP contribution in [-0.2, 0) is 0 Å². The summed E-state index contributed by atoms with van der Waals surface area (Å²) >= 11 is 0. The Morgan fingerprint density at radius 3 is 2.45 bits per heavy atom. The van der Waals surface area contributed by atoms with Crippen molar-refractivity contribution < 1.29 is 0 Å². The summed E-state index contributed by atoms with van der Waals surface area (Å²) in [6.07, 6.45) is 3.04. The van der Waals surface area contributed by atoms with Crippen LogP contribution in [0, 0.1) is 5.41 Å². The Bertz CT molecular complexity index is 244. The van der Waals surface area contributed by atoms with Crippen molar-refractivity contribution in [1.29, 1.82) is 5.41 Å². The minimum Gasteiger partial charge on any atom is -0.369 e. The Hall–Kier alpha value is -1.69. The van der Waals surface area contributed by atoms with E-state index in [-0.39, 0.29) is 11.9 Å². The van der Waals surface area contributed by atoms with Gasteiger partial charge in [-0.25, -0.2) is 20.8 Å². The van der Waals surface area contributed by atoms with Gasteiger partial charge in [0.2, 0.25) is 11.9 Å². The molecule has 58 valence electrons. The van der Waals surface area contributed by atoms with Gasteiger partial charge in [-0.15, -0.1) is 0 Å². The molecule has 0 saturated carbocycles. The van der Waals surface area contributed by atoms with Crippen LogP contribution >= 0.6 is 0 Å². The number of nitrogens with one attached hydrogen (secondary N) is 1. The molecule has 0 radical (unpaired) electrons. The standard InChI is InChI=1S/C5H8N6/c6-4(7)11(8)5-9-2-1-3-10-5/h1-3H,8H2,(H3,6,7). The van der Waals surface area contributed by atoms with Crippen molar-refractivity contribution >= 4 is 11.9 Å². The average molecular weight is 152 g/mol. The quantitative estimate of drug-likeness (QED) is 0.208. The van der Waals surface area contributed by atoms with Crippen molar-refractivity contribution in [1.82, 2.24) is 9.97 Å². The lowest BCUT2D eigenvalue weighted by Gasteiger charge is -2.11. The molecule has 1 heterocycles. The fourth-order valence-corrected chi connectivity index (χ4v) is 0.523. The molecule has 1 rings (SSSR count). The molecule has 5 N–H and O–H groups in total. The van der Waals surface area contributed by atoms with Crippen LogP contribution in [0.4, 0.5) is 5.95 Å². The van der Waals surface area contributed by atoms with Crippen LogP contribution in [0.3, 0.4) is 0 Å². The second-order valence-electron chi connectivity index (χ2n) is 1.80. The molecule has 6 nitrogen and oxygen atoms in total. The second kappa shape index (κ2) is 2.93. The van der Waals surface area contributed by atoms with E-state index < -0.39 is 0 Å². The summed E-state index contributed by atoms with van der Waals surface area (Å²) in [4.78, 5) is 7.54. The van der Waals surface area contributed by atoms with E-state index in [4.69, 9.17) is 17.0 Å². The molecule has 0 aliphatic carbocycles. The van der Waals surface area contributed by atoms with Gasteiger partial charge in [0.25, 0.3) is 0 Å². The van der Waals surface area contributed by atoms with Crippen LogP contribution in [0.15, 0.2) is 18.5 Å². The minimum atomic E-state index is -0.295. The molecule has 0 aromatic carbocycles. The van der Waals surface area contributed by atoms with E-state index in [0.717, 1.165) is 5.01 Å². The fourth-order valence-electron chi connectivity index (χ4n) is 0.523. The number of nitrogens with two attached hydrogens (primary N) is 2. The van der Waals surface area contributed by atoms with Crippen LogP contribution in [0.5, 0.6) is 0 Å². The first-order valence-corrected chi connectivity index (χ1v) is 2.87. The lowest BCUT2D eigenvalue weighted by Crippen LogP contribution is -2.43. The summed E-state index contributed by atoms with van der Waals surface area (Å²) in [5.41, 5.74) is 5.07. The number of hydrazine groups is 1. The second-order valence-corrected chi connectivity index (χ2v) is 1.80. The highest BCUT2D eigenvalue weighted by Gasteiger charge is 2.04. The number of nitrogens with zero attached hydrogens (tertiary/aromatic N) is 3. The van der Waals surface area contributed by atoms with Gasteiger partial charge < -0.3 is 5.73 Å². The summed E-state index contributed by atoms with van der Waals surface area (Å²) in [6, 6.07) is 1.65. The van der Waals surface area contributed by atoms with Gasteiger partial charge in [-0.05, 0) is 6.07 Å². The minimum absolute atomic E-state index is 0.208. The van der Waals surface area contributed by atoms with Crippen molar-refractivity contribution in [2.75, 3.05) is 5.01 Å². The number of hydrogen-bond acceptors (Lipinski definition) is 4. The lowest BCUT2D eigenvalue weighted by atomic mass is 10.7. The molecule has 1 aromatic rings. The van der Waals surface area contributed by atoms with Crippen LogP contribution in [0.25, 0.3) is 0 Å². The first-order chi connectivity index (χ1) is 5.22. The first kappa shape index (κ1) is 7.42. The third kappa shape index (κ3) is 1.62. The zero-order valence-electron chi connectivity index (χ0n) is 5.73. The molecule has 0 fully saturated rings. The van der Waals surface area contributed by atoms with E-state index in [0.29, 0.717) is 0 Å². The largest absolute Gasteiger partial charge is 0.369 e. The van der Waals surface area contributed by atoms with Crippen LogP contribution in [-0.4, -0.2) is 15.9 Å². The molecule has 0 amide bonds. The third-order valence-corrected chi connectivity index (χ3v) is 1.03. The van der Waals surface area contributed by atoms with Gasteiger partial charge in [0.15, 0.2) is 0 Å². The van der Waals surface area contributed by atoms with E-state index in [9.17, 15) is 0 Å². The smallest absolute Gasteiger partial charge is 0.247 e. The first-order valence-electron chi connectivity index (χ1n) is 2.87. The number of guanidine groups is 1. The van der Waals surface area contributed by atoms with Gasteiger partial charge in [-0.1, -0.05) is 0 Å². The number of anilines is 1. The average Bonchev–Trinajstić information content (AvgIpc) is 2.05. The molecule has 1 aromatic heterocycles. The lowest BCUT2D eigenvalue weighted by molar-refractivity contribution is 0.987. The van der Waals surface area contributed by atoms with E-state index in [1.165, 1.54) is 12.4 Å². The van der Waals surface area contributed by atoms with Crippen molar-refractivity contribution in [2.24, 2.45) is 11.6 Å². The maximum atomic E-state index is 6.94. The predicted molar refractivity (Wildman–Crippen MR) is 40.6 cm³/mol. The fraction of sp³-hybridized carbons (Fsp3) is 0. The van der Waals surface area contributed by atoms with Crippen molar-refractivity contribution in [3.8, 4) is 0 Å². The number of rotatable bonds is 1. The van der Waals surface area contributed by atoms with Crippen LogP contribution in [0.2, 0.25) is 0 Å². The van der Waals surface area contributed by atoms with Crippen LogP contribution in [0.1, 0.15) is 0 Å². The van der Waals surface area contributed by atoms with E-state index >= 15 is 0 Å². The molecule has 0 aliphatic heterocycles. The highest BCUT2D eigenvalue weighted by Crippen LogP contribution is 1.96. The summed E-state index contributed by atoms with van der Waals surface area (Å²) in [5, 5.41) is 7.83. The zero-order chi connectivity index (χ0) is 8.27. The van der Waals surface area contributed by atoms with E-state index in [2.05, 4.69) is 9.97 Å². The van der Waals surface area contributed by atoms with E-state index in [1.54, 1.807) is 6.07 Å². The maximum absolute atomic E-state index is 6.94. The topological polar surface area (TPSA) is 105 Å². The molecule has 0 atom stereocenters. The summed E-state index contributed by atoms with van der Waals surface area (Å²) in [7, 11) is 0. The highest BCUT2D eigenvalue weighted by molar-refractivity contribution is 5.89. The highest BCUT2D eigenvalue weighted by atomic mass is 15.5. The third-order valence-electron chi connectivity index (χ3n) is 1.03. The van der Waals surface area contributed by atoms with Gasteiger partial charge in [-0.3, -0.25) is 5.41 Å². The molecule has 0 aliphatic rings. The molecule has 0 unspecified atom stereocenters. The monoisotopic (exact) mass is 152 g/mol. The van der Waals surface area contributed by atoms with Crippen LogP contribution < -0.4 is 16.6 Å². The molecular formula is C5H8N6. The van der Waals surface area contributed by atoms with Crippen molar-refractivity contribution in [3.63, 3.8) is 0 Å². The van der Waals surface area contributed by atoms with Gasteiger partial charge in [-0.2, -0.15) is 0 Å². The molecular weight excluding hydrogens is 144 g/mol. The van der Waals surface area contributed by atoms with Gasteiger partial charge in [0.05, 0.1) is 0 Å². The predicted octanol–water partition coefficient (Wildman–Crippen LogP) is -0.950. The Kier molecular flexibility index (Phi) is 1.98. The molecule has 6 heteroatoms. The number of aromatic nitrogens is 2. The Balaban J connectivity index is 2.85.